The first-order valence-corrected chi connectivity index (χ1v) is 11.0. The van der Waals surface area contributed by atoms with Crippen molar-refractivity contribution in [2.75, 3.05) is 33.2 Å². The number of benzene rings is 2. The van der Waals surface area contributed by atoms with Crippen LogP contribution in [0.4, 0.5) is 5.69 Å². The third-order valence-corrected chi connectivity index (χ3v) is 5.85. The summed E-state index contributed by atoms with van der Waals surface area (Å²) in [6.45, 7) is 2.35. The molecule has 0 aromatic heterocycles. The van der Waals surface area contributed by atoms with E-state index in [0.29, 0.717) is 35.0 Å². The minimum atomic E-state index is -3.63. The van der Waals surface area contributed by atoms with Gasteiger partial charge in [0.05, 0.1) is 32.6 Å². The highest BCUT2D eigenvalue weighted by Crippen LogP contribution is 2.39. The van der Waals surface area contributed by atoms with Crippen LogP contribution in [0.1, 0.15) is 25.3 Å². The van der Waals surface area contributed by atoms with E-state index in [-0.39, 0.29) is 17.2 Å². The number of hydrogen-bond donors (Lipinski definition) is 2. The van der Waals surface area contributed by atoms with Crippen molar-refractivity contribution >= 4 is 21.6 Å². The zero-order valence-corrected chi connectivity index (χ0v) is 18.5. The lowest BCUT2D eigenvalue weighted by Gasteiger charge is -2.15. The fourth-order valence-corrected chi connectivity index (χ4v) is 4.01. The summed E-state index contributed by atoms with van der Waals surface area (Å²) in [6, 6.07) is 9.55. The number of nitrogens with one attached hydrogen (secondary N) is 2. The Hall–Kier alpha value is -2.78. The Balaban J connectivity index is 2.16. The lowest BCUT2D eigenvalue weighted by molar-refractivity contribution is -0.115. The van der Waals surface area contributed by atoms with Crippen molar-refractivity contribution in [1.82, 2.24) is 4.72 Å². The molecule has 0 aliphatic heterocycles. The van der Waals surface area contributed by atoms with Crippen LogP contribution in [0, 0.1) is 0 Å². The van der Waals surface area contributed by atoms with Gasteiger partial charge in [-0.3, -0.25) is 4.79 Å². The molecule has 2 aromatic rings. The van der Waals surface area contributed by atoms with E-state index in [2.05, 4.69) is 10.0 Å². The van der Waals surface area contributed by atoms with Crippen LogP contribution < -0.4 is 24.2 Å². The lowest BCUT2D eigenvalue weighted by Crippen LogP contribution is -2.25. The molecule has 2 N–H and O–H groups in total. The highest BCUT2D eigenvalue weighted by Gasteiger charge is 2.19. The SMILES string of the molecule is CCCCNS(=O)(=O)c1cccc(NC(=O)Cc2ccc(OC)c(OC)c2OC)c1. The van der Waals surface area contributed by atoms with Crippen LogP contribution in [-0.4, -0.2) is 42.2 Å². The van der Waals surface area contributed by atoms with Crippen LogP contribution in [0.2, 0.25) is 0 Å². The minimum Gasteiger partial charge on any atom is -0.493 e. The average Bonchev–Trinajstić information content (AvgIpc) is 2.73. The predicted molar refractivity (Wildman–Crippen MR) is 115 cm³/mol. The van der Waals surface area contributed by atoms with Gasteiger partial charge in [-0.2, -0.15) is 0 Å². The van der Waals surface area contributed by atoms with Crippen LogP contribution >= 0.6 is 0 Å². The quantitative estimate of drug-likeness (QED) is 0.525. The Morgan fingerprint density at radius 1 is 1.00 bits per heavy atom. The number of ether oxygens (including phenoxy) is 3. The van der Waals surface area contributed by atoms with Gasteiger partial charge in [-0.15, -0.1) is 0 Å². The molecule has 0 saturated heterocycles. The highest BCUT2D eigenvalue weighted by atomic mass is 32.2. The minimum absolute atomic E-state index is 0.00918. The summed E-state index contributed by atoms with van der Waals surface area (Å²) in [5.74, 6) is 0.973. The summed E-state index contributed by atoms with van der Waals surface area (Å²) in [6.07, 6.45) is 1.65. The third kappa shape index (κ3) is 5.87. The molecule has 30 heavy (non-hydrogen) atoms. The number of hydrogen-bond acceptors (Lipinski definition) is 6. The smallest absolute Gasteiger partial charge is 0.240 e. The Morgan fingerprint density at radius 2 is 1.73 bits per heavy atom. The van der Waals surface area contributed by atoms with Crippen LogP contribution in [0.3, 0.4) is 0 Å². The summed E-state index contributed by atoms with van der Waals surface area (Å²) < 4.78 is 43.3. The van der Waals surface area contributed by atoms with Gasteiger partial charge in [0.15, 0.2) is 11.5 Å². The van der Waals surface area contributed by atoms with E-state index in [1.54, 1.807) is 24.3 Å². The third-order valence-electron chi connectivity index (χ3n) is 4.39. The topological polar surface area (TPSA) is 103 Å². The molecule has 0 aliphatic carbocycles. The fraction of sp³-hybridized carbons (Fsp3) is 0.381. The normalized spacial score (nSPS) is 11.1. The molecule has 8 nitrogen and oxygen atoms in total. The van der Waals surface area contributed by atoms with E-state index in [4.69, 9.17) is 14.2 Å². The highest BCUT2D eigenvalue weighted by molar-refractivity contribution is 7.89. The molecule has 2 rings (SSSR count). The van der Waals surface area contributed by atoms with Crippen LogP contribution in [0.25, 0.3) is 0 Å². The molecule has 0 atom stereocenters. The molecule has 0 heterocycles. The van der Waals surface area contributed by atoms with Gasteiger partial charge in [-0.25, -0.2) is 13.1 Å². The zero-order chi connectivity index (χ0) is 22.1. The van der Waals surface area contributed by atoms with E-state index in [1.165, 1.54) is 33.5 Å². The summed E-state index contributed by atoms with van der Waals surface area (Å²) >= 11 is 0. The Kier molecular flexibility index (Phi) is 8.49. The van der Waals surface area contributed by atoms with E-state index in [0.717, 1.165) is 12.8 Å². The summed E-state index contributed by atoms with van der Waals surface area (Å²) in [5, 5.41) is 2.73. The molecular weight excluding hydrogens is 408 g/mol. The monoisotopic (exact) mass is 436 g/mol. The van der Waals surface area contributed by atoms with Gasteiger partial charge in [0.2, 0.25) is 21.7 Å². The van der Waals surface area contributed by atoms with E-state index in [9.17, 15) is 13.2 Å². The molecule has 0 fully saturated rings. The fourth-order valence-electron chi connectivity index (χ4n) is 2.89. The Labute approximate surface area is 177 Å². The van der Waals surface area contributed by atoms with Crippen molar-refractivity contribution in [3.05, 3.63) is 42.0 Å². The van der Waals surface area contributed by atoms with Gasteiger partial charge in [0.1, 0.15) is 0 Å². The van der Waals surface area contributed by atoms with Crippen LogP contribution in [-0.2, 0) is 21.2 Å². The van der Waals surface area contributed by atoms with Gasteiger partial charge in [0, 0.05) is 17.8 Å². The van der Waals surface area contributed by atoms with Gasteiger partial charge >= 0.3 is 0 Å². The standard InChI is InChI=1S/C21H28N2O6S/c1-5-6-12-22-30(25,26)17-9-7-8-16(14-17)23-19(24)13-15-10-11-18(27-2)21(29-4)20(15)28-3/h7-11,14,22H,5-6,12-13H2,1-4H3,(H,23,24). The first kappa shape index (κ1) is 23.5. The maximum Gasteiger partial charge on any atom is 0.240 e. The summed E-state index contributed by atoms with van der Waals surface area (Å²) in [7, 11) is 0.862. The van der Waals surface area contributed by atoms with E-state index < -0.39 is 10.0 Å². The van der Waals surface area contributed by atoms with E-state index >= 15 is 0 Å². The number of anilines is 1. The Morgan fingerprint density at radius 3 is 2.37 bits per heavy atom. The lowest BCUT2D eigenvalue weighted by atomic mass is 10.1. The van der Waals surface area contributed by atoms with Crippen LogP contribution in [0.15, 0.2) is 41.3 Å². The first-order valence-electron chi connectivity index (χ1n) is 9.53. The second-order valence-corrected chi connectivity index (χ2v) is 8.26. The Bertz CT molecular complexity index is 975. The second kappa shape index (κ2) is 10.8. The molecule has 164 valence electrons. The van der Waals surface area contributed by atoms with Crippen molar-refractivity contribution in [2.24, 2.45) is 0 Å². The molecule has 9 heteroatoms. The predicted octanol–water partition coefficient (Wildman–Crippen LogP) is 2.97. The number of rotatable bonds is 11. The van der Waals surface area contributed by atoms with Crippen LogP contribution in [0.5, 0.6) is 17.2 Å². The number of carbonyl (C=O) groups is 1. The molecule has 0 radical (unpaired) electrons. The molecule has 0 saturated carbocycles. The maximum absolute atomic E-state index is 12.6. The average molecular weight is 437 g/mol. The van der Waals surface area contributed by atoms with E-state index in [1.807, 2.05) is 6.92 Å². The summed E-state index contributed by atoms with van der Waals surface area (Å²) in [5.41, 5.74) is 0.996. The number of carbonyl (C=O) groups excluding carboxylic acids is 1. The molecule has 0 bridgehead atoms. The summed E-state index contributed by atoms with van der Waals surface area (Å²) in [4.78, 5) is 12.7. The number of methoxy groups -OCH3 is 3. The van der Waals surface area contributed by atoms with Crippen molar-refractivity contribution in [1.29, 1.82) is 0 Å². The molecule has 0 unspecified atom stereocenters. The first-order chi connectivity index (χ1) is 14.4. The van der Waals surface area contributed by atoms with Crippen molar-refractivity contribution in [3.8, 4) is 17.2 Å². The van der Waals surface area contributed by atoms with Gasteiger partial charge in [-0.1, -0.05) is 25.5 Å². The zero-order valence-electron chi connectivity index (χ0n) is 17.7. The van der Waals surface area contributed by atoms with Crippen molar-refractivity contribution in [2.45, 2.75) is 31.1 Å². The molecule has 0 aliphatic rings. The van der Waals surface area contributed by atoms with Crippen molar-refractivity contribution in [3.63, 3.8) is 0 Å². The molecule has 2 aromatic carbocycles. The number of unbranched alkanes of at least 4 members (excludes halogenated alkanes) is 1. The number of sulfonamides is 1. The van der Waals surface area contributed by atoms with Crippen molar-refractivity contribution < 1.29 is 27.4 Å². The molecule has 0 spiro atoms. The maximum atomic E-state index is 12.6. The van der Waals surface area contributed by atoms with Gasteiger partial charge < -0.3 is 19.5 Å². The number of amides is 1. The largest absolute Gasteiger partial charge is 0.493 e. The molecule has 1 amide bonds. The second-order valence-electron chi connectivity index (χ2n) is 6.50. The molecular formula is C21H28N2O6S. The van der Waals surface area contributed by atoms with Gasteiger partial charge in [0.25, 0.3) is 0 Å². The van der Waals surface area contributed by atoms with Gasteiger partial charge in [-0.05, 0) is 30.7 Å².